The first-order valence-electron chi connectivity index (χ1n) is 5.25. The second-order valence-electron chi connectivity index (χ2n) is 3.48. The fraction of sp³-hybridized carbons (Fsp3) is 0.500. The molecule has 0 bridgehead atoms. The molecule has 0 aliphatic rings. The van der Waals surface area contributed by atoms with Crippen LogP contribution in [0.5, 0.6) is 5.75 Å². The summed E-state index contributed by atoms with van der Waals surface area (Å²) in [6.07, 6.45) is 3.10. The molecule has 0 amide bonds. The van der Waals surface area contributed by atoms with E-state index in [-0.39, 0.29) is 6.04 Å². The third-order valence-corrected chi connectivity index (χ3v) is 2.82. The Labute approximate surface area is 96.2 Å². The lowest BCUT2D eigenvalue weighted by molar-refractivity contribution is 0.317. The van der Waals surface area contributed by atoms with E-state index in [1.165, 1.54) is 5.56 Å². The molecule has 2 N–H and O–H groups in total. The molecule has 0 aliphatic heterocycles. The number of hydrogen-bond acceptors (Lipinski definition) is 3. The predicted molar refractivity (Wildman–Crippen MR) is 67.5 cm³/mol. The van der Waals surface area contributed by atoms with E-state index in [0.29, 0.717) is 0 Å². The molecule has 15 heavy (non-hydrogen) atoms. The van der Waals surface area contributed by atoms with Crippen LogP contribution in [0, 0.1) is 0 Å². The van der Waals surface area contributed by atoms with Crippen LogP contribution in [0.1, 0.15) is 24.9 Å². The molecule has 0 fully saturated rings. The van der Waals surface area contributed by atoms with Gasteiger partial charge < -0.3 is 10.5 Å². The molecule has 3 heteroatoms. The van der Waals surface area contributed by atoms with Crippen molar-refractivity contribution in [3.63, 3.8) is 0 Å². The van der Waals surface area contributed by atoms with Gasteiger partial charge in [0, 0.05) is 11.8 Å². The minimum Gasteiger partial charge on any atom is -0.494 e. The molecule has 1 aromatic carbocycles. The Morgan fingerprint density at radius 1 is 1.33 bits per heavy atom. The molecule has 1 aromatic rings. The lowest BCUT2D eigenvalue weighted by Crippen LogP contribution is -2.12. The highest BCUT2D eigenvalue weighted by atomic mass is 32.2. The van der Waals surface area contributed by atoms with Gasteiger partial charge in [0.2, 0.25) is 0 Å². The second kappa shape index (κ2) is 6.75. The minimum atomic E-state index is 0.125. The number of hydrogen-bond donors (Lipinski definition) is 1. The number of benzene rings is 1. The summed E-state index contributed by atoms with van der Waals surface area (Å²) in [5.74, 6) is 1.88. The molecule has 84 valence electrons. The summed E-state index contributed by atoms with van der Waals surface area (Å²) in [5.41, 5.74) is 7.17. The summed E-state index contributed by atoms with van der Waals surface area (Å²) in [5, 5.41) is 0. The summed E-state index contributed by atoms with van der Waals surface area (Å²) in [6.45, 7) is 2.87. The standard InChI is InChI=1S/C12H19NOS/c1-3-8-14-11-6-4-10(5-7-11)12(13)9-15-2/h4-7,12H,3,8-9,13H2,1-2H3. The number of thioether (sulfide) groups is 1. The van der Waals surface area contributed by atoms with Crippen molar-refractivity contribution < 1.29 is 4.74 Å². The molecule has 1 rings (SSSR count). The van der Waals surface area contributed by atoms with E-state index >= 15 is 0 Å². The zero-order valence-electron chi connectivity index (χ0n) is 9.40. The van der Waals surface area contributed by atoms with Gasteiger partial charge in [-0.25, -0.2) is 0 Å². The first-order chi connectivity index (χ1) is 7.27. The van der Waals surface area contributed by atoms with Crippen molar-refractivity contribution >= 4 is 11.8 Å². The van der Waals surface area contributed by atoms with Crippen molar-refractivity contribution in [2.75, 3.05) is 18.6 Å². The zero-order valence-corrected chi connectivity index (χ0v) is 10.2. The van der Waals surface area contributed by atoms with E-state index in [4.69, 9.17) is 10.5 Å². The van der Waals surface area contributed by atoms with Crippen LogP contribution in [0.2, 0.25) is 0 Å². The van der Waals surface area contributed by atoms with Gasteiger partial charge in [-0.3, -0.25) is 0 Å². The molecule has 2 nitrogen and oxygen atoms in total. The topological polar surface area (TPSA) is 35.2 Å². The van der Waals surface area contributed by atoms with Crippen molar-refractivity contribution in [3.8, 4) is 5.75 Å². The first-order valence-corrected chi connectivity index (χ1v) is 6.64. The minimum absolute atomic E-state index is 0.125. The maximum Gasteiger partial charge on any atom is 0.119 e. The van der Waals surface area contributed by atoms with E-state index in [0.717, 1.165) is 24.5 Å². The van der Waals surface area contributed by atoms with E-state index in [1.807, 2.05) is 24.3 Å². The average molecular weight is 225 g/mol. The fourth-order valence-electron chi connectivity index (χ4n) is 1.31. The largest absolute Gasteiger partial charge is 0.494 e. The molecule has 1 unspecified atom stereocenters. The van der Waals surface area contributed by atoms with Crippen molar-refractivity contribution in [1.82, 2.24) is 0 Å². The van der Waals surface area contributed by atoms with Crippen LogP contribution in [0.3, 0.4) is 0 Å². The second-order valence-corrected chi connectivity index (χ2v) is 4.39. The lowest BCUT2D eigenvalue weighted by atomic mass is 10.1. The monoisotopic (exact) mass is 225 g/mol. The van der Waals surface area contributed by atoms with Gasteiger partial charge in [-0.1, -0.05) is 19.1 Å². The molecule has 0 radical (unpaired) electrons. The van der Waals surface area contributed by atoms with Gasteiger partial charge in [0.1, 0.15) is 5.75 Å². The SMILES string of the molecule is CCCOc1ccc(C(N)CSC)cc1. The number of rotatable bonds is 6. The van der Waals surface area contributed by atoms with E-state index in [2.05, 4.69) is 13.2 Å². The summed E-state index contributed by atoms with van der Waals surface area (Å²) >= 11 is 1.77. The molecule has 0 spiro atoms. The van der Waals surface area contributed by atoms with E-state index in [9.17, 15) is 0 Å². The predicted octanol–water partition coefficient (Wildman–Crippen LogP) is 2.84. The van der Waals surface area contributed by atoms with Crippen LogP contribution in [0.25, 0.3) is 0 Å². The Balaban J connectivity index is 2.55. The third-order valence-electron chi connectivity index (χ3n) is 2.13. The van der Waals surface area contributed by atoms with Gasteiger partial charge in [-0.2, -0.15) is 11.8 Å². The van der Waals surface area contributed by atoms with Crippen LogP contribution in [-0.4, -0.2) is 18.6 Å². The Hall–Kier alpha value is -0.670. The Kier molecular flexibility index (Phi) is 5.58. The summed E-state index contributed by atoms with van der Waals surface area (Å²) < 4.78 is 5.50. The van der Waals surface area contributed by atoms with Crippen LogP contribution in [-0.2, 0) is 0 Å². The van der Waals surface area contributed by atoms with Crippen molar-refractivity contribution in [1.29, 1.82) is 0 Å². The fourth-order valence-corrected chi connectivity index (χ4v) is 1.86. The van der Waals surface area contributed by atoms with E-state index < -0.39 is 0 Å². The van der Waals surface area contributed by atoms with Gasteiger partial charge in [-0.15, -0.1) is 0 Å². The van der Waals surface area contributed by atoms with Gasteiger partial charge in [0.25, 0.3) is 0 Å². The summed E-state index contributed by atoms with van der Waals surface area (Å²) in [4.78, 5) is 0. The Bertz CT molecular complexity index is 273. The van der Waals surface area contributed by atoms with Crippen molar-refractivity contribution in [3.05, 3.63) is 29.8 Å². The maximum absolute atomic E-state index is 5.99. The summed E-state index contributed by atoms with van der Waals surface area (Å²) in [6, 6.07) is 8.20. The number of nitrogens with two attached hydrogens (primary N) is 1. The van der Waals surface area contributed by atoms with Crippen LogP contribution in [0.4, 0.5) is 0 Å². The zero-order chi connectivity index (χ0) is 11.1. The highest BCUT2D eigenvalue weighted by Gasteiger charge is 2.04. The smallest absolute Gasteiger partial charge is 0.119 e. The molecule has 0 aliphatic carbocycles. The number of ether oxygens (including phenoxy) is 1. The normalized spacial score (nSPS) is 12.5. The van der Waals surface area contributed by atoms with Crippen molar-refractivity contribution in [2.45, 2.75) is 19.4 Å². The molecule has 0 saturated carbocycles. The highest BCUT2D eigenvalue weighted by molar-refractivity contribution is 7.98. The molecular weight excluding hydrogens is 206 g/mol. The van der Waals surface area contributed by atoms with Crippen LogP contribution in [0.15, 0.2) is 24.3 Å². The first kappa shape index (κ1) is 12.4. The summed E-state index contributed by atoms with van der Waals surface area (Å²) in [7, 11) is 0. The van der Waals surface area contributed by atoms with Crippen LogP contribution < -0.4 is 10.5 Å². The van der Waals surface area contributed by atoms with Gasteiger partial charge in [-0.05, 0) is 30.4 Å². The van der Waals surface area contributed by atoms with Gasteiger partial charge in [0.15, 0.2) is 0 Å². The molecule has 0 saturated heterocycles. The van der Waals surface area contributed by atoms with Crippen molar-refractivity contribution in [2.24, 2.45) is 5.73 Å². The Morgan fingerprint density at radius 3 is 2.53 bits per heavy atom. The molecule has 1 atom stereocenters. The Morgan fingerprint density at radius 2 is 2.00 bits per heavy atom. The quantitative estimate of drug-likeness (QED) is 0.808. The molecule has 0 heterocycles. The lowest BCUT2D eigenvalue weighted by Gasteiger charge is -2.11. The maximum atomic E-state index is 5.99. The average Bonchev–Trinajstić information content (AvgIpc) is 2.27. The third kappa shape index (κ3) is 4.14. The van der Waals surface area contributed by atoms with Gasteiger partial charge in [0.05, 0.1) is 6.61 Å². The highest BCUT2D eigenvalue weighted by Crippen LogP contribution is 2.18. The molecular formula is C12H19NOS. The molecule has 0 aromatic heterocycles. The van der Waals surface area contributed by atoms with E-state index in [1.54, 1.807) is 11.8 Å². The van der Waals surface area contributed by atoms with Crippen LogP contribution >= 0.6 is 11.8 Å². The van der Waals surface area contributed by atoms with Gasteiger partial charge >= 0.3 is 0 Å².